The van der Waals surface area contributed by atoms with E-state index in [4.69, 9.17) is 14.2 Å². The Balaban J connectivity index is 4.46. The van der Waals surface area contributed by atoms with Crippen molar-refractivity contribution < 1.29 is 28.6 Å². The summed E-state index contributed by atoms with van der Waals surface area (Å²) in [4.78, 5) is 38.1. The van der Waals surface area contributed by atoms with Gasteiger partial charge < -0.3 is 14.2 Å². The highest BCUT2D eigenvalue weighted by Crippen LogP contribution is 2.16. The van der Waals surface area contributed by atoms with Crippen LogP contribution in [-0.4, -0.2) is 37.2 Å². The number of ether oxygens (including phenoxy) is 3. The number of hydrogen-bond donors (Lipinski definition) is 0. The third-order valence-electron chi connectivity index (χ3n) is 12.2. The first kappa shape index (κ1) is 63.8. The second kappa shape index (κ2) is 55.4. The van der Waals surface area contributed by atoms with Crippen LogP contribution in [0.2, 0.25) is 0 Å². The predicted molar refractivity (Wildman–Crippen MR) is 288 cm³/mol. The van der Waals surface area contributed by atoms with Crippen molar-refractivity contribution in [1.82, 2.24) is 0 Å². The van der Waals surface area contributed by atoms with E-state index in [1.165, 1.54) is 154 Å². The average Bonchev–Trinajstić information content (AvgIpc) is 3.33. The van der Waals surface area contributed by atoms with E-state index in [0.717, 1.165) is 77.0 Å². The second-order valence-corrected chi connectivity index (χ2v) is 18.8. The summed E-state index contributed by atoms with van der Waals surface area (Å²) < 4.78 is 16.8. The van der Waals surface area contributed by atoms with E-state index in [1.54, 1.807) is 0 Å². The molecule has 0 rings (SSSR count). The largest absolute Gasteiger partial charge is 0.462 e. The topological polar surface area (TPSA) is 78.9 Å². The molecule has 0 spiro atoms. The van der Waals surface area contributed by atoms with Crippen molar-refractivity contribution in [2.75, 3.05) is 13.2 Å². The molecule has 67 heavy (non-hydrogen) atoms. The van der Waals surface area contributed by atoms with Gasteiger partial charge in [0.2, 0.25) is 0 Å². The molecule has 0 fully saturated rings. The van der Waals surface area contributed by atoms with Crippen LogP contribution in [0.5, 0.6) is 0 Å². The molecule has 0 aliphatic carbocycles. The van der Waals surface area contributed by atoms with E-state index in [2.05, 4.69) is 87.6 Å². The number of allylic oxidation sites excluding steroid dienone is 12. The number of carbonyl (C=O) groups excluding carboxylic acids is 3. The number of hydrogen-bond acceptors (Lipinski definition) is 6. The van der Waals surface area contributed by atoms with Crippen LogP contribution in [0.1, 0.15) is 278 Å². The fourth-order valence-electron chi connectivity index (χ4n) is 8.00. The fourth-order valence-corrected chi connectivity index (χ4v) is 8.00. The number of esters is 3. The molecule has 1 atom stereocenters. The minimum absolute atomic E-state index is 0.0947. The third kappa shape index (κ3) is 53.7. The normalized spacial score (nSPS) is 12.6. The van der Waals surface area contributed by atoms with Crippen LogP contribution in [0.25, 0.3) is 0 Å². The Morgan fingerprint density at radius 1 is 0.313 bits per heavy atom. The standard InChI is InChI=1S/C61H106O6/c1-4-7-10-13-16-19-22-25-27-29-30-32-33-36-39-42-45-48-51-54-60(63)66-57-58(56-65-59(62)53-50-47-44-41-38-35-24-21-18-15-12-9-6-3)67-61(64)55-52-49-46-43-40-37-34-31-28-26-23-20-17-14-11-8-5-2/h7,10,16,19,25,27,30,32,36,39,45,48,58H,4-6,8-9,11-15,17-18,20-24,26,28-29,31,33-35,37-38,40-44,46-47,49-57H2,1-3H3/b10-7-,19-16-,27-25-,32-30-,39-36-,48-45-. The summed E-state index contributed by atoms with van der Waals surface area (Å²) in [6.07, 6.45) is 70.4. The molecule has 0 bridgehead atoms. The third-order valence-corrected chi connectivity index (χ3v) is 12.2. The zero-order valence-corrected chi connectivity index (χ0v) is 44.2. The van der Waals surface area contributed by atoms with E-state index >= 15 is 0 Å². The lowest BCUT2D eigenvalue weighted by atomic mass is 10.0. The van der Waals surface area contributed by atoms with Crippen molar-refractivity contribution in [2.45, 2.75) is 284 Å². The van der Waals surface area contributed by atoms with E-state index < -0.39 is 6.10 Å². The number of rotatable bonds is 51. The van der Waals surface area contributed by atoms with Crippen molar-refractivity contribution in [3.8, 4) is 0 Å². The minimum Gasteiger partial charge on any atom is -0.462 e. The maximum Gasteiger partial charge on any atom is 0.306 e. The molecule has 0 saturated heterocycles. The molecule has 0 aliphatic heterocycles. The fraction of sp³-hybridized carbons (Fsp3) is 0.754. The van der Waals surface area contributed by atoms with Crippen LogP contribution in [0, 0.1) is 0 Å². The van der Waals surface area contributed by atoms with Crippen molar-refractivity contribution >= 4 is 17.9 Å². The first-order valence-electron chi connectivity index (χ1n) is 28.4. The molecule has 0 N–H and O–H groups in total. The van der Waals surface area contributed by atoms with Gasteiger partial charge in [0.15, 0.2) is 6.10 Å². The number of unbranched alkanes of at least 4 members (excludes halogenated alkanes) is 28. The molecule has 0 saturated carbocycles. The van der Waals surface area contributed by atoms with Gasteiger partial charge in [-0.25, -0.2) is 0 Å². The molecule has 0 radical (unpaired) electrons. The van der Waals surface area contributed by atoms with Gasteiger partial charge >= 0.3 is 17.9 Å². The second-order valence-electron chi connectivity index (χ2n) is 18.8. The molecule has 0 aromatic rings. The number of carbonyl (C=O) groups is 3. The SMILES string of the molecule is CC/C=C\C/C=C\C/C=C\C/C=C\C/C=C\C/C=C\CCC(=O)OCC(COC(=O)CCCCCCCCCCCCCCC)OC(=O)CCCCCCCCCCCCCCCCCCC. The maximum atomic E-state index is 12.8. The highest BCUT2D eigenvalue weighted by atomic mass is 16.6. The lowest BCUT2D eigenvalue weighted by Crippen LogP contribution is -2.30. The molecule has 386 valence electrons. The molecular formula is C61H106O6. The van der Waals surface area contributed by atoms with Crippen molar-refractivity contribution in [3.05, 3.63) is 72.9 Å². The molecule has 0 heterocycles. The Morgan fingerprint density at radius 2 is 0.582 bits per heavy atom. The monoisotopic (exact) mass is 935 g/mol. The summed E-state index contributed by atoms with van der Waals surface area (Å²) in [7, 11) is 0. The van der Waals surface area contributed by atoms with Gasteiger partial charge in [0.05, 0.1) is 0 Å². The Bertz CT molecular complexity index is 1260. The van der Waals surface area contributed by atoms with E-state index in [9.17, 15) is 14.4 Å². The summed E-state index contributed by atoms with van der Waals surface area (Å²) >= 11 is 0. The molecule has 0 aliphatic rings. The Hall–Kier alpha value is -3.15. The highest BCUT2D eigenvalue weighted by molar-refractivity contribution is 5.71. The van der Waals surface area contributed by atoms with E-state index in [0.29, 0.717) is 19.3 Å². The van der Waals surface area contributed by atoms with Crippen LogP contribution in [0.4, 0.5) is 0 Å². The van der Waals surface area contributed by atoms with Gasteiger partial charge in [0.25, 0.3) is 0 Å². The van der Waals surface area contributed by atoms with Gasteiger partial charge in [-0.15, -0.1) is 0 Å². The van der Waals surface area contributed by atoms with Gasteiger partial charge in [-0.2, -0.15) is 0 Å². The van der Waals surface area contributed by atoms with Crippen LogP contribution < -0.4 is 0 Å². The smallest absolute Gasteiger partial charge is 0.306 e. The Morgan fingerprint density at radius 3 is 0.910 bits per heavy atom. The molecule has 6 nitrogen and oxygen atoms in total. The zero-order chi connectivity index (χ0) is 48.6. The van der Waals surface area contributed by atoms with Crippen LogP contribution in [0.3, 0.4) is 0 Å². The quantitative estimate of drug-likeness (QED) is 0.0262. The average molecular weight is 936 g/mol. The van der Waals surface area contributed by atoms with Gasteiger partial charge in [-0.1, -0.05) is 273 Å². The van der Waals surface area contributed by atoms with Crippen molar-refractivity contribution in [3.63, 3.8) is 0 Å². The summed E-state index contributed by atoms with van der Waals surface area (Å²) in [6.45, 7) is 6.49. The lowest BCUT2D eigenvalue weighted by Gasteiger charge is -2.18. The summed E-state index contributed by atoms with van der Waals surface area (Å²) in [5.74, 6) is -0.971. The van der Waals surface area contributed by atoms with Crippen LogP contribution in [0.15, 0.2) is 72.9 Å². The lowest BCUT2D eigenvalue weighted by molar-refractivity contribution is -0.166. The van der Waals surface area contributed by atoms with Crippen LogP contribution in [-0.2, 0) is 28.6 Å². The highest BCUT2D eigenvalue weighted by Gasteiger charge is 2.19. The molecule has 0 aromatic carbocycles. The van der Waals surface area contributed by atoms with Gasteiger partial charge in [0, 0.05) is 19.3 Å². The Labute approximate surface area is 414 Å². The van der Waals surface area contributed by atoms with E-state index in [-0.39, 0.29) is 37.5 Å². The van der Waals surface area contributed by atoms with Gasteiger partial charge in [0.1, 0.15) is 13.2 Å². The summed E-state index contributed by atoms with van der Waals surface area (Å²) in [6, 6.07) is 0. The van der Waals surface area contributed by atoms with Crippen molar-refractivity contribution in [1.29, 1.82) is 0 Å². The molecule has 0 aromatic heterocycles. The molecule has 1 unspecified atom stereocenters. The first-order valence-corrected chi connectivity index (χ1v) is 28.4. The minimum atomic E-state index is -0.802. The van der Waals surface area contributed by atoms with Crippen LogP contribution >= 0.6 is 0 Å². The van der Waals surface area contributed by atoms with E-state index in [1.807, 2.05) is 6.08 Å². The molecule has 0 amide bonds. The summed E-state index contributed by atoms with van der Waals surface area (Å²) in [5.41, 5.74) is 0. The first-order chi connectivity index (χ1) is 33.0. The Kier molecular flexibility index (Phi) is 52.8. The summed E-state index contributed by atoms with van der Waals surface area (Å²) in [5, 5.41) is 0. The van der Waals surface area contributed by atoms with Crippen molar-refractivity contribution in [2.24, 2.45) is 0 Å². The van der Waals surface area contributed by atoms with Gasteiger partial charge in [-0.3, -0.25) is 14.4 Å². The van der Waals surface area contributed by atoms with Gasteiger partial charge in [-0.05, 0) is 57.8 Å². The predicted octanol–water partition coefficient (Wildman–Crippen LogP) is 19.0. The molecular weight excluding hydrogens is 829 g/mol. The maximum absolute atomic E-state index is 12.8. The molecule has 6 heteroatoms. The zero-order valence-electron chi connectivity index (χ0n) is 44.2.